The first-order valence-corrected chi connectivity index (χ1v) is 9.52. The molecule has 154 valence electrons. The molecule has 1 N–H and O–H groups in total. The third kappa shape index (κ3) is 5.60. The number of benzene rings is 1. The highest BCUT2D eigenvalue weighted by molar-refractivity contribution is 6.39. The largest absolute Gasteiger partial charge is 0.573 e. The fourth-order valence-corrected chi connectivity index (χ4v) is 3.85. The molecule has 2 saturated heterocycles. The molecule has 2 aliphatic rings. The number of nitrogens with zero attached hydrogens (tertiary/aromatic N) is 2. The number of anilines is 1. The SMILES string of the molecule is O=C(Nc1cccc(OC(F)(F)F)c1)C(=O)N1CCCC(N2CCCC2)CC1. The van der Waals surface area contributed by atoms with Crippen LogP contribution in [0.2, 0.25) is 0 Å². The highest BCUT2D eigenvalue weighted by Crippen LogP contribution is 2.25. The van der Waals surface area contributed by atoms with Crippen LogP contribution in [-0.4, -0.2) is 60.2 Å². The molecule has 1 atom stereocenters. The normalized spacial score (nSPS) is 21.2. The second kappa shape index (κ2) is 8.81. The molecule has 2 aliphatic heterocycles. The zero-order valence-electron chi connectivity index (χ0n) is 15.5. The number of hydrogen-bond donors (Lipinski definition) is 1. The molecule has 2 amide bonds. The predicted octanol–water partition coefficient (Wildman–Crippen LogP) is 3.00. The number of rotatable bonds is 3. The van der Waals surface area contributed by atoms with Crippen LogP contribution in [0.4, 0.5) is 18.9 Å². The minimum absolute atomic E-state index is 0.0739. The zero-order chi connectivity index (χ0) is 20.1. The lowest BCUT2D eigenvalue weighted by Crippen LogP contribution is -2.41. The topological polar surface area (TPSA) is 61.9 Å². The number of carbonyl (C=O) groups is 2. The first kappa shape index (κ1) is 20.4. The third-order valence-electron chi connectivity index (χ3n) is 5.16. The Kier molecular flexibility index (Phi) is 6.43. The summed E-state index contributed by atoms with van der Waals surface area (Å²) in [5.41, 5.74) is 0.0739. The highest BCUT2D eigenvalue weighted by Gasteiger charge is 2.31. The Bertz CT molecular complexity index is 705. The fraction of sp³-hybridized carbons (Fsp3) is 0.579. The lowest BCUT2D eigenvalue weighted by molar-refractivity contribution is -0.274. The van der Waals surface area contributed by atoms with Crippen molar-refractivity contribution in [2.45, 2.75) is 44.5 Å². The summed E-state index contributed by atoms with van der Waals surface area (Å²) in [7, 11) is 0. The van der Waals surface area contributed by atoms with Gasteiger partial charge in [-0.2, -0.15) is 0 Å². The van der Waals surface area contributed by atoms with Crippen LogP contribution in [0.25, 0.3) is 0 Å². The molecule has 1 aromatic carbocycles. The second-order valence-electron chi connectivity index (χ2n) is 7.15. The van der Waals surface area contributed by atoms with Crippen LogP contribution >= 0.6 is 0 Å². The zero-order valence-corrected chi connectivity index (χ0v) is 15.5. The van der Waals surface area contributed by atoms with Crippen molar-refractivity contribution in [1.82, 2.24) is 9.80 Å². The molecule has 0 spiro atoms. The smallest absolute Gasteiger partial charge is 0.406 e. The summed E-state index contributed by atoms with van der Waals surface area (Å²) in [6.45, 7) is 3.20. The van der Waals surface area contributed by atoms with Gasteiger partial charge >= 0.3 is 18.2 Å². The van der Waals surface area contributed by atoms with E-state index in [4.69, 9.17) is 0 Å². The van der Waals surface area contributed by atoms with Gasteiger partial charge in [0.05, 0.1) is 0 Å². The summed E-state index contributed by atoms with van der Waals surface area (Å²) >= 11 is 0. The standard InChI is InChI=1S/C19H24F3N3O3/c20-19(21,22)28-16-7-3-5-14(13-16)23-17(26)18(27)25-11-4-6-15(8-12-25)24-9-1-2-10-24/h3,5,7,13,15H,1-2,4,6,8-12H2,(H,23,26). The maximum atomic E-state index is 12.5. The van der Waals surface area contributed by atoms with E-state index in [2.05, 4.69) is 15.0 Å². The van der Waals surface area contributed by atoms with Crippen LogP contribution in [0.3, 0.4) is 0 Å². The van der Waals surface area contributed by atoms with Gasteiger partial charge in [-0.1, -0.05) is 6.07 Å². The quantitative estimate of drug-likeness (QED) is 0.794. The molecule has 9 heteroatoms. The van der Waals surface area contributed by atoms with Crippen molar-refractivity contribution in [2.24, 2.45) is 0 Å². The number of carbonyl (C=O) groups excluding carboxylic acids is 2. The number of ether oxygens (including phenoxy) is 1. The molecule has 6 nitrogen and oxygen atoms in total. The molecule has 0 saturated carbocycles. The van der Waals surface area contributed by atoms with Crippen molar-refractivity contribution >= 4 is 17.5 Å². The minimum Gasteiger partial charge on any atom is -0.406 e. The van der Waals surface area contributed by atoms with E-state index in [0.717, 1.165) is 44.5 Å². The number of amides is 2. The lowest BCUT2D eigenvalue weighted by Gasteiger charge is -2.26. The van der Waals surface area contributed by atoms with E-state index < -0.39 is 23.9 Å². The van der Waals surface area contributed by atoms with Crippen LogP contribution in [0.1, 0.15) is 32.1 Å². The van der Waals surface area contributed by atoms with E-state index in [0.29, 0.717) is 19.1 Å². The average molecular weight is 399 g/mol. The summed E-state index contributed by atoms with van der Waals surface area (Å²) in [4.78, 5) is 28.8. The van der Waals surface area contributed by atoms with Gasteiger partial charge < -0.3 is 19.9 Å². The molecule has 0 radical (unpaired) electrons. The van der Waals surface area contributed by atoms with Crippen molar-refractivity contribution in [3.05, 3.63) is 24.3 Å². The van der Waals surface area contributed by atoms with E-state index in [1.807, 2.05) is 0 Å². The van der Waals surface area contributed by atoms with Gasteiger partial charge in [0.15, 0.2) is 0 Å². The highest BCUT2D eigenvalue weighted by atomic mass is 19.4. The molecule has 1 unspecified atom stereocenters. The van der Waals surface area contributed by atoms with Gasteiger partial charge in [0.1, 0.15) is 5.75 Å². The molecular formula is C19H24F3N3O3. The van der Waals surface area contributed by atoms with Crippen molar-refractivity contribution in [3.63, 3.8) is 0 Å². The molecule has 2 heterocycles. The summed E-state index contributed by atoms with van der Waals surface area (Å²) < 4.78 is 40.8. The fourth-order valence-electron chi connectivity index (χ4n) is 3.85. The Morgan fingerprint density at radius 3 is 2.50 bits per heavy atom. The Morgan fingerprint density at radius 2 is 1.79 bits per heavy atom. The number of nitrogens with one attached hydrogen (secondary N) is 1. The van der Waals surface area contributed by atoms with Gasteiger partial charge in [-0.05, 0) is 57.3 Å². The minimum atomic E-state index is -4.82. The molecule has 3 rings (SSSR count). The Morgan fingerprint density at radius 1 is 1.04 bits per heavy atom. The predicted molar refractivity (Wildman–Crippen MR) is 96.8 cm³/mol. The Balaban J connectivity index is 1.55. The summed E-state index contributed by atoms with van der Waals surface area (Å²) in [6.07, 6.45) is 0.249. The number of alkyl halides is 3. The van der Waals surface area contributed by atoms with Gasteiger partial charge in [-0.15, -0.1) is 13.2 Å². The van der Waals surface area contributed by atoms with E-state index in [9.17, 15) is 22.8 Å². The molecule has 1 aromatic rings. The summed E-state index contributed by atoms with van der Waals surface area (Å²) in [5.74, 6) is -1.98. The van der Waals surface area contributed by atoms with E-state index in [-0.39, 0.29) is 5.69 Å². The maximum Gasteiger partial charge on any atom is 0.573 e. The van der Waals surface area contributed by atoms with Crippen LogP contribution in [0.15, 0.2) is 24.3 Å². The molecule has 0 aromatic heterocycles. The third-order valence-corrected chi connectivity index (χ3v) is 5.16. The lowest BCUT2D eigenvalue weighted by atomic mass is 10.1. The number of halogens is 3. The molecular weight excluding hydrogens is 375 g/mol. The van der Waals surface area contributed by atoms with Gasteiger partial charge in [-0.3, -0.25) is 9.59 Å². The molecule has 2 fully saturated rings. The van der Waals surface area contributed by atoms with E-state index in [1.54, 1.807) is 0 Å². The van der Waals surface area contributed by atoms with Gasteiger partial charge in [0, 0.05) is 30.9 Å². The monoisotopic (exact) mass is 399 g/mol. The Hall–Kier alpha value is -2.29. The van der Waals surface area contributed by atoms with Crippen LogP contribution in [0.5, 0.6) is 5.75 Å². The van der Waals surface area contributed by atoms with Crippen LogP contribution in [0, 0.1) is 0 Å². The summed E-state index contributed by atoms with van der Waals surface area (Å²) in [6, 6.07) is 5.32. The van der Waals surface area contributed by atoms with Gasteiger partial charge in [0.2, 0.25) is 0 Å². The molecule has 0 bridgehead atoms. The van der Waals surface area contributed by atoms with Crippen LogP contribution < -0.4 is 10.1 Å². The first-order chi connectivity index (χ1) is 13.3. The van der Waals surface area contributed by atoms with Crippen molar-refractivity contribution < 1.29 is 27.5 Å². The van der Waals surface area contributed by atoms with Crippen LogP contribution in [-0.2, 0) is 9.59 Å². The van der Waals surface area contributed by atoms with E-state index >= 15 is 0 Å². The van der Waals surface area contributed by atoms with Crippen molar-refractivity contribution in [3.8, 4) is 5.75 Å². The molecule has 28 heavy (non-hydrogen) atoms. The second-order valence-corrected chi connectivity index (χ2v) is 7.15. The average Bonchev–Trinajstić information content (AvgIpc) is 3.05. The first-order valence-electron chi connectivity index (χ1n) is 9.52. The van der Waals surface area contributed by atoms with Crippen molar-refractivity contribution in [2.75, 3.05) is 31.5 Å². The molecule has 0 aliphatic carbocycles. The van der Waals surface area contributed by atoms with Crippen molar-refractivity contribution in [1.29, 1.82) is 0 Å². The van der Waals surface area contributed by atoms with E-state index in [1.165, 1.54) is 29.9 Å². The van der Waals surface area contributed by atoms with Gasteiger partial charge in [-0.25, -0.2) is 0 Å². The van der Waals surface area contributed by atoms with Gasteiger partial charge in [0.25, 0.3) is 0 Å². The summed E-state index contributed by atoms with van der Waals surface area (Å²) in [5, 5.41) is 2.36. The maximum absolute atomic E-state index is 12.5. The number of hydrogen-bond acceptors (Lipinski definition) is 4. The number of likely N-dealkylation sites (tertiary alicyclic amines) is 2. The Labute approximate surface area is 161 Å².